The predicted octanol–water partition coefficient (Wildman–Crippen LogP) is 4.47. The van der Waals surface area contributed by atoms with Crippen molar-refractivity contribution in [2.24, 2.45) is 11.1 Å². The fourth-order valence-corrected chi connectivity index (χ4v) is 2.57. The average molecular weight is 245 g/mol. The Morgan fingerprint density at radius 1 is 1.22 bits per heavy atom. The lowest BCUT2D eigenvalue weighted by Crippen LogP contribution is -2.06. The standard InChI is InChI=1S/C15H19NO2/c17-15-8-6-13(7-9-15)11-14(16-18)10-12-4-2-1-3-5-12/h6-9,11-12,17H,1-5,10H2/b14-11+. The van der Waals surface area contributed by atoms with Gasteiger partial charge in [-0.25, -0.2) is 0 Å². The van der Waals surface area contributed by atoms with Gasteiger partial charge in [0, 0.05) is 0 Å². The number of phenolic OH excluding ortho intramolecular Hbond substituents is 1. The number of aromatic hydroxyl groups is 1. The van der Waals surface area contributed by atoms with Gasteiger partial charge in [0.2, 0.25) is 0 Å². The summed E-state index contributed by atoms with van der Waals surface area (Å²) in [5.74, 6) is 0.847. The molecule has 0 radical (unpaired) electrons. The maximum atomic E-state index is 10.9. The largest absolute Gasteiger partial charge is 0.508 e. The summed E-state index contributed by atoms with van der Waals surface area (Å²) < 4.78 is 0. The van der Waals surface area contributed by atoms with Gasteiger partial charge in [-0.1, -0.05) is 44.2 Å². The Morgan fingerprint density at radius 3 is 2.50 bits per heavy atom. The molecule has 0 aromatic heterocycles. The zero-order valence-electron chi connectivity index (χ0n) is 10.5. The number of phenols is 1. The highest BCUT2D eigenvalue weighted by molar-refractivity contribution is 5.53. The molecule has 1 aliphatic carbocycles. The van der Waals surface area contributed by atoms with Crippen molar-refractivity contribution in [3.63, 3.8) is 0 Å². The van der Waals surface area contributed by atoms with Crippen LogP contribution in [0.15, 0.2) is 35.1 Å². The van der Waals surface area contributed by atoms with Crippen LogP contribution in [0.2, 0.25) is 0 Å². The summed E-state index contributed by atoms with van der Waals surface area (Å²) in [4.78, 5) is 10.9. The Hall–Kier alpha value is -1.64. The van der Waals surface area contributed by atoms with Crippen LogP contribution in [0.25, 0.3) is 6.08 Å². The van der Waals surface area contributed by atoms with Gasteiger partial charge >= 0.3 is 0 Å². The fourth-order valence-electron chi connectivity index (χ4n) is 2.57. The summed E-state index contributed by atoms with van der Waals surface area (Å²) in [6.07, 6.45) is 8.89. The maximum Gasteiger partial charge on any atom is 0.115 e. The number of nitroso groups, excluding NO2 is 1. The molecular weight excluding hydrogens is 226 g/mol. The first kappa shape index (κ1) is 12.8. The van der Waals surface area contributed by atoms with E-state index >= 15 is 0 Å². The molecule has 1 aliphatic rings. The van der Waals surface area contributed by atoms with Crippen molar-refractivity contribution in [2.45, 2.75) is 38.5 Å². The smallest absolute Gasteiger partial charge is 0.115 e. The van der Waals surface area contributed by atoms with E-state index in [1.54, 1.807) is 24.3 Å². The fraction of sp³-hybridized carbons (Fsp3) is 0.467. The van der Waals surface area contributed by atoms with Gasteiger partial charge in [-0.2, -0.15) is 0 Å². The molecule has 0 bridgehead atoms. The van der Waals surface area contributed by atoms with E-state index < -0.39 is 0 Å². The van der Waals surface area contributed by atoms with Crippen molar-refractivity contribution in [1.29, 1.82) is 0 Å². The molecule has 3 heteroatoms. The molecule has 1 fully saturated rings. The Morgan fingerprint density at radius 2 is 1.89 bits per heavy atom. The summed E-state index contributed by atoms with van der Waals surface area (Å²) in [6.45, 7) is 0. The highest BCUT2D eigenvalue weighted by Gasteiger charge is 2.15. The maximum absolute atomic E-state index is 10.9. The van der Waals surface area contributed by atoms with E-state index in [0.29, 0.717) is 11.6 Å². The molecule has 0 saturated heterocycles. The number of hydrogen-bond donors (Lipinski definition) is 1. The zero-order chi connectivity index (χ0) is 12.8. The van der Waals surface area contributed by atoms with E-state index in [1.165, 1.54) is 32.1 Å². The highest BCUT2D eigenvalue weighted by atomic mass is 16.3. The van der Waals surface area contributed by atoms with Gasteiger partial charge in [0.25, 0.3) is 0 Å². The Kier molecular flexibility index (Phi) is 4.51. The highest BCUT2D eigenvalue weighted by Crippen LogP contribution is 2.30. The van der Waals surface area contributed by atoms with Crippen LogP contribution in [-0.2, 0) is 0 Å². The molecule has 18 heavy (non-hydrogen) atoms. The lowest BCUT2D eigenvalue weighted by atomic mass is 9.86. The third kappa shape index (κ3) is 3.69. The van der Waals surface area contributed by atoms with Crippen LogP contribution in [0.3, 0.4) is 0 Å². The van der Waals surface area contributed by atoms with Gasteiger partial charge in [0.05, 0.1) is 5.70 Å². The average Bonchev–Trinajstić information content (AvgIpc) is 2.41. The molecule has 0 heterocycles. The van der Waals surface area contributed by atoms with Crippen LogP contribution in [0.1, 0.15) is 44.1 Å². The SMILES string of the molecule is O=N/C(=C/c1ccc(O)cc1)CC1CCCCC1. The normalized spacial score (nSPS) is 17.7. The zero-order valence-corrected chi connectivity index (χ0v) is 10.5. The van der Waals surface area contributed by atoms with E-state index in [1.807, 2.05) is 6.08 Å². The lowest BCUT2D eigenvalue weighted by molar-refractivity contribution is 0.356. The van der Waals surface area contributed by atoms with Crippen molar-refractivity contribution in [3.8, 4) is 5.75 Å². The third-order valence-corrected chi connectivity index (χ3v) is 3.57. The number of nitrogens with zero attached hydrogens (tertiary/aromatic N) is 1. The van der Waals surface area contributed by atoms with Crippen molar-refractivity contribution in [3.05, 3.63) is 40.4 Å². The molecule has 0 unspecified atom stereocenters. The summed E-state index contributed by atoms with van der Waals surface area (Å²) >= 11 is 0. The Labute approximate surface area is 108 Å². The summed E-state index contributed by atoms with van der Waals surface area (Å²) in [6, 6.07) is 6.83. The second-order valence-electron chi connectivity index (χ2n) is 5.03. The molecule has 2 rings (SSSR count). The van der Waals surface area contributed by atoms with Gasteiger partial charge in [0.1, 0.15) is 5.75 Å². The van der Waals surface area contributed by atoms with E-state index in [2.05, 4.69) is 5.18 Å². The van der Waals surface area contributed by atoms with Crippen molar-refractivity contribution >= 4 is 6.08 Å². The molecule has 0 spiro atoms. The monoisotopic (exact) mass is 245 g/mol. The van der Waals surface area contributed by atoms with Crippen LogP contribution in [-0.4, -0.2) is 5.11 Å². The van der Waals surface area contributed by atoms with E-state index in [-0.39, 0.29) is 5.75 Å². The quantitative estimate of drug-likeness (QED) is 0.795. The lowest BCUT2D eigenvalue weighted by Gasteiger charge is -2.20. The number of benzene rings is 1. The summed E-state index contributed by atoms with van der Waals surface area (Å²) in [5.41, 5.74) is 1.53. The van der Waals surface area contributed by atoms with Crippen LogP contribution in [0.5, 0.6) is 5.75 Å². The van der Waals surface area contributed by atoms with Crippen LogP contribution < -0.4 is 0 Å². The first-order valence-corrected chi connectivity index (χ1v) is 6.61. The van der Waals surface area contributed by atoms with E-state index in [4.69, 9.17) is 0 Å². The summed E-state index contributed by atoms with van der Waals surface area (Å²) in [5, 5.41) is 12.4. The summed E-state index contributed by atoms with van der Waals surface area (Å²) in [7, 11) is 0. The van der Waals surface area contributed by atoms with Gasteiger partial charge in [-0.05, 0) is 41.3 Å². The van der Waals surface area contributed by atoms with Crippen LogP contribution in [0, 0.1) is 10.8 Å². The number of allylic oxidation sites excluding steroid dienone is 1. The molecule has 96 valence electrons. The predicted molar refractivity (Wildman–Crippen MR) is 73.1 cm³/mol. The van der Waals surface area contributed by atoms with Crippen molar-refractivity contribution in [2.75, 3.05) is 0 Å². The molecule has 1 aromatic carbocycles. The molecule has 0 atom stereocenters. The molecular formula is C15H19NO2. The minimum atomic E-state index is 0.236. The van der Waals surface area contributed by atoms with Gasteiger partial charge in [0.15, 0.2) is 0 Å². The Bertz CT molecular complexity index is 417. The molecule has 1 aromatic rings. The molecule has 0 amide bonds. The number of hydrogen-bond acceptors (Lipinski definition) is 3. The van der Waals surface area contributed by atoms with Crippen LogP contribution in [0.4, 0.5) is 0 Å². The van der Waals surface area contributed by atoms with Crippen molar-refractivity contribution < 1.29 is 5.11 Å². The minimum Gasteiger partial charge on any atom is -0.508 e. The number of rotatable bonds is 4. The van der Waals surface area contributed by atoms with E-state index in [9.17, 15) is 10.0 Å². The molecule has 0 aliphatic heterocycles. The topological polar surface area (TPSA) is 49.7 Å². The molecule has 1 saturated carbocycles. The van der Waals surface area contributed by atoms with Gasteiger partial charge < -0.3 is 5.11 Å². The second-order valence-corrected chi connectivity index (χ2v) is 5.03. The second kappa shape index (κ2) is 6.34. The Balaban J connectivity index is 2.02. The first-order chi connectivity index (χ1) is 8.78. The van der Waals surface area contributed by atoms with Crippen LogP contribution >= 0.6 is 0 Å². The molecule has 1 N–H and O–H groups in total. The van der Waals surface area contributed by atoms with Gasteiger partial charge in [-0.3, -0.25) is 0 Å². The van der Waals surface area contributed by atoms with Gasteiger partial charge in [-0.15, -0.1) is 4.91 Å². The van der Waals surface area contributed by atoms with E-state index in [0.717, 1.165) is 12.0 Å². The minimum absolute atomic E-state index is 0.236. The molecule has 3 nitrogen and oxygen atoms in total. The first-order valence-electron chi connectivity index (χ1n) is 6.61. The van der Waals surface area contributed by atoms with Crippen molar-refractivity contribution in [1.82, 2.24) is 0 Å². The third-order valence-electron chi connectivity index (χ3n) is 3.57.